The summed E-state index contributed by atoms with van der Waals surface area (Å²) in [4.78, 5) is 2.59. The summed E-state index contributed by atoms with van der Waals surface area (Å²) in [5.74, 6) is 0.344. The highest BCUT2D eigenvalue weighted by Crippen LogP contribution is 2.46. The van der Waals surface area contributed by atoms with Crippen molar-refractivity contribution in [3.8, 4) is 5.75 Å². The van der Waals surface area contributed by atoms with Crippen LogP contribution in [-0.2, 0) is 10.8 Å². The maximum atomic E-state index is 10.1. The van der Waals surface area contributed by atoms with Crippen molar-refractivity contribution in [2.45, 2.75) is 42.9 Å². The van der Waals surface area contributed by atoms with Crippen LogP contribution in [-0.4, -0.2) is 41.4 Å². The predicted molar refractivity (Wildman–Crippen MR) is 105 cm³/mol. The Bertz CT molecular complexity index is 714. The minimum absolute atomic E-state index is 0.0803. The van der Waals surface area contributed by atoms with Gasteiger partial charge in [0.05, 0.1) is 6.61 Å². The molecule has 0 aromatic heterocycles. The van der Waals surface area contributed by atoms with Crippen molar-refractivity contribution in [3.63, 3.8) is 0 Å². The van der Waals surface area contributed by atoms with Crippen LogP contribution in [0.1, 0.15) is 43.2 Å². The fourth-order valence-electron chi connectivity index (χ4n) is 4.85. The first kappa shape index (κ1) is 17.6. The van der Waals surface area contributed by atoms with Gasteiger partial charge in [-0.2, -0.15) is 0 Å². The first-order valence-corrected chi connectivity index (χ1v) is 9.84. The number of aromatic hydroxyl groups is 1. The average molecular weight is 351 g/mol. The molecule has 2 aliphatic rings. The van der Waals surface area contributed by atoms with Gasteiger partial charge >= 0.3 is 0 Å². The molecule has 2 aromatic rings. The summed E-state index contributed by atoms with van der Waals surface area (Å²) < 4.78 is 0. The lowest BCUT2D eigenvalue weighted by molar-refractivity contribution is 0.0685. The SMILES string of the molecule is OCC1(c2ccccc2)CCN(CC2(c3ccc(O)cc3)CCC2)CC1. The number of nitrogens with zero attached hydrogens (tertiary/aromatic N) is 1. The van der Waals surface area contributed by atoms with Crippen LogP contribution in [0.4, 0.5) is 0 Å². The molecule has 26 heavy (non-hydrogen) atoms. The van der Waals surface area contributed by atoms with Crippen molar-refractivity contribution in [2.75, 3.05) is 26.2 Å². The molecule has 3 heteroatoms. The minimum atomic E-state index is -0.0803. The molecule has 1 saturated carbocycles. The molecule has 0 bridgehead atoms. The number of hydrogen-bond donors (Lipinski definition) is 2. The van der Waals surface area contributed by atoms with Crippen LogP contribution in [0.25, 0.3) is 0 Å². The van der Waals surface area contributed by atoms with Crippen molar-refractivity contribution in [2.24, 2.45) is 0 Å². The number of rotatable bonds is 5. The summed E-state index contributed by atoms with van der Waals surface area (Å²) in [7, 11) is 0. The molecule has 0 radical (unpaired) electrons. The lowest BCUT2D eigenvalue weighted by Gasteiger charge is -2.49. The fraction of sp³-hybridized carbons (Fsp3) is 0.478. The van der Waals surface area contributed by atoms with Crippen LogP contribution < -0.4 is 0 Å². The molecule has 0 atom stereocenters. The fourth-order valence-corrected chi connectivity index (χ4v) is 4.85. The van der Waals surface area contributed by atoms with Crippen LogP contribution in [0.3, 0.4) is 0 Å². The van der Waals surface area contributed by atoms with E-state index >= 15 is 0 Å². The Kier molecular flexibility index (Phi) is 4.76. The number of phenolic OH excluding ortho intramolecular Hbond substituents is 1. The van der Waals surface area contributed by atoms with Crippen molar-refractivity contribution < 1.29 is 10.2 Å². The summed E-state index contributed by atoms with van der Waals surface area (Å²) in [6, 6.07) is 18.4. The van der Waals surface area contributed by atoms with Crippen LogP contribution in [0, 0.1) is 0 Å². The van der Waals surface area contributed by atoms with Gasteiger partial charge in [-0.15, -0.1) is 0 Å². The van der Waals surface area contributed by atoms with Gasteiger partial charge in [-0.05, 0) is 62.0 Å². The van der Waals surface area contributed by atoms with E-state index < -0.39 is 0 Å². The van der Waals surface area contributed by atoms with E-state index in [1.807, 2.05) is 18.2 Å². The lowest BCUT2D eigenvalue weighted by atomic mass is 9.63. The van der Waals surface area contributed by atoms with Crippen molar-refractivity contribution >= 4 is 0 Å². The first-order valence-electron chi connectivity index (χ1n) is 9.84. The molecule has 0 unspecified atom stereocenters. The molecule has 1 saturated heterocycles. The third kappa shape index (κ3) is 3.15. The van der Waals surface area contributed by atoms with Gasteiger partial charge in [0, 0.05) is 17.4 Å². The van der Waals surface area contributed by atoms with Gasteiger partial charge in [0.2, 0.25) is 0 Å². The quantitative estimate of drug-likeness (QED) is 0.860. The topological polar surface area (TPSA) is 43.7 Å². The van der Waals surface area contributed by atoms with E-state index in [4.69, 9.17) is 0 Å². The van der Waals surface area contributed by atoms with Gasteiger partial charge in [0.25, 0.3) is 0 Å². The molecule has 1 heterocycles. The number of benzene rings is 2. The van der Waals surface area contributed by atoms with Gasteiger partial charge in [-0.25, -0.2) is 0 Å². The molecule has 2 fully saturated rings. The first-order chi connectivity index (χ1) is 12.7. The summed E-state index contributed by atoms with van der Waals surface area (Å²) in [5, 5.41) is 19.7. The number of aliphatic hydroxyl groups excluding tert-OH is 1. The Balaban J connectivity index is 1.45. The molecule has 2 N–H and O–H groups in total. The Labute approximate surface area is 156 Å². The maximum Gasteiger partial charge on any atom is 0.115 e. The summed E-state index contributed by atoms with van der Waals surface area (Å²) in [6.07, 6.45) is 5.79. The molecule has 0 spiro atoms. The molecule has 2 aromatic carbocycles. The predicted octanol–water partition coefficient (Wildman–Crippen LogP) is 3.84. The summed E-state index contributed by atoms with van der Waals surface area (Å²) in [5.41, 5.74) is 2.81. The second kappa shape index (κ2) is 7.05. The van der Waals surface area contributed by atoms with E-state index in [0.29, 0.717) is 5.75 Å². The monoisotopic (exact) mass is 351 g/mol. The van der Waals surface area contributed by atoms with Gasteiger partial charge in [-0.1, -0.05) is 48.9 Å². The van der Waals surface area contributed by atoms with Gasteiger partial charge in [-0.3, -0.25) is 0 Å². The number of likely N-dealkylation sites (tertiary alicyclic amines) is 1. The Morgan fingerprint density at radius 2 is 1.38 bits per heavy atom. The zero-order valence-corrected chi connectivity index (χ0v) is 15.4. The van der Waals surface area contributed by atoms with E-state index in [1.165, 1.54) is 30.4 Å². The molecule has 3 nitrogen and oxygen atoms in total. The minimum Gasteiger partial charge on any atom is -0.508 e. The Morgan fingerprint density at radius 3 is 1.92 bits per heavy atom. The average Bonchev–Trinajstić information content (AvgIpc) is 2.67. The lowest BCUT2D eigenvalue weighted by Crippen LogP contribution is -2.51. The van der Waals surface area contributed by atoms with Crippen LogP contribution in [0.15, 0.2) is 54.6 Å². The van der Waals surface area contributed by atoms with Gasteiger partial charge in [0.15, 0.2) is 0 Å². The largest absolute Gasteiger partial charge is 0.508 e. The van der Waals surface area contributed by atoms with E-state index in [-0.39, 0.29) is 17.4 Å². The normalized spacial score (nSPS) is 21.9. The van der Waals surface area contributed by atoms with Gasteiger partial charge in [0.1, 0.15) is 5.75 Å². The van der Waals surface area contributed by atoms with E-state index in [2.05, 4.69) is 41.3 Å². The Morgan fingerprint density at radius 1 is 0.769 bits per heavy atom. The van der Waals surface area contributed by atoms with Crippen LogP contribution in [0.5, 0.6) is 5.75 Å². The standard InChI is InChI=1S/C23H29NO2/c25-18-23(19-5-2-1-3-6-19)13-15-24(16-14-23)17-22(11-4-12-22)20-7-9-21(26)10-8-20/h1-3,5-10,25-26H,4,11-18H2. The van der Waals surface area contributed by atoms with E-state index in [9.17, 15) is 10.2 Å². The molecule has 4 rings (SSSR count). The highest BCUT2D eigenvalue weighted by Gasteiger charge is 2.42. The van der Waals surface area contributed by atoms with Crippen molar-refractivity contribution in [1.29, 1.82) is 0 Å². The Hall–Kier alpha value is -1.84. The number of piperidine rings is 1. The summed E-state index contributed by atoms with van der Waals surface area (Å²) >= 11 is 0. The third-order valence-corrected chi connectivity index (χ3v) is 6.82. The molecular weight excluding hydrogens is 322 g/mol. The number of aliphatic hydroxyl groups is 1. The number of phenols is 1. The molecule has 1 aliphatic carbocycles. The molecule has 0 amide bonds. The highest BCUT2D eigenvalue weighted by atomic mass is 16.3. The van der Waals surface area contributed by atoms with E-state index in [1.54, 1.807) is 0 Å². The smallest absolute Gasteiger partial charge is 0.115 e. The van der Waals surface area contributed by atoms with Gasteiger partial charge < -0.3 is 15.1 Å². The highest BCUT2D eigenvalue weighted by molar-refractivity contribution is 5.34. The molecule has 1 aliphatic heterocycles. The van der Waals surface area contributed by atoms with Crippen LogP contribution in [0.2, 0.25) is 0 Å². The summed E-state index contributed by atoms with van der Waals surface area (Å²) in [6.45, 7) is 3.40. The second-order valence-electron chi connectivity index (χ2n) is 8.26. The second-order valence-corrected chi connectivity index (χ2v) is 8.26. The molecular formula is C23H29NO2. The maximum absolute atomic E-state index is 10.1. The zero-order chi connectivity index (χ0) is 18.0. The molecule has 138 valence electrons. The van der Waals surface area contributed by atoms with E-state index in [0.717, 1.165) is 32.5 Å². The zero-order valence-electron chi connectivity index (χ0n) is 15.4. The number of hydrogen-bond acceptors (Lipinski definition) is 3. The van der Waals surface area contributed by atoms with Crippen molar-refractivity contribution in [1.82, 2.24) is 4.90 Å². The van der Waals surface area contributed by atoms with Crippen LogP contribution >= 0.6 is 0 Å². The van der Waals surface area contributed by atoms with Crippen molar-refractivity contribution in [3.05, 3.63) is 65.7 Å². The third-order valence-electron chi connectivity index (χ3n) is 6.82.